The second-order valence-corrected chi connectivity index (χ2v) is 13.6. The smallest absolute Gasteiger partial charge is 0.208 e. The highest BCUT2D eigenvalue weighted by Crippen LogP contribution is 2.29. The van der Waals surface area contributed by atoms with Gasteiger partial charge in [-0.2, -0.15) is 0 Å². The highest BCUT2D eigenvalue weighted by atomic mass is 19.1. The van der Waals surface area contributed by atoms with Gasteiger partial charge in [0, 0.05) is 93.4 Å². The number of rotatable bonds is 5. The molecule has 2 aliphatic rings. The fourth-order valence-electron chi connectivity index (χ4n) is 7.09. The van der Waals surface area contributed by atoms with Crippen molar-refractivity contribution in [2.45, 2.75) is 59.0 Å². The van der Waals surface area contributed by atoms with Crippen LogP contribution >= 0.6 is 0 Å². The predicted octanol–water partition coefficient (Wildman–Crippen LogP) is 7.04. The molecule has 1 fully saturated rings. The summed E-state index contributed by atoms with van der Waals surface area (Å²) in [6.45, 7) is 14.9. The fraction of sp³-hybridized carbons (Fsp3) is 0.410. The number of aromatic nitrogens is 3. The number of piperazine rings is 1. The molecular weight excluding hydrogens is 618 g/mol. The summed E-state index contributed by atoms with van der Waals surface area (Å²) in [5, 5.41) is 3.56. The average Bonchev–Trinajstić information content (AvgIpc) is 3.40. The van der Waals surface area contributed by atoms with E-state index in [0.717, 1.165) is 128 Å². The van der Waals surface area contributed by atoms with Crippen LogP contribution in [0.5, 0.6) is 0 Å². The molecular formula is C39H48F2N8. The number of aliphatic imine (C=N–C) groups is 1. The van der Waals surface area contributed by atoms with Crippen molar-refractivity contribution >= 4 is 34.0 Å². The SMILES string of the molecule is C=C1Nc2nc3ccc(CN4CCN(CCc5cc(F)cc(F)c5)CC4)cc3n2C[C@H](C)CCCCC(=NC)C(=CN)c2cc1cc(C)n2. The van der Waals surface area contributed by atoms with Crippen LogP contribution in [0.1, 0.15) is 60.7 Å². The Morgan fingerprint density at radius 3 is 2.47 bits per heavy atom. The van der Waals surface area contributed by atoms with E-state index in [-0.39, 0.29) is 0 Å². The van der Waals surface area contributed by atoms with E-state index in [2.05, 4.69) is 56.4 Å². The molecule has 10 heteroatoms. The molecule has 2 aliphatic heterocycles. The number of benzene rings is 2. The Morgan fingerprint density at radius 2 is 1.73 bits per heavy atom. The summed E-state index contributed by atoms with van der Waals surface area (Å²) in [7, 11) is 1.83. The number of nitrogens with two attached hydrogens (primary N) is 1. The molecule has 0 amide bonds. The number of nitrogens with one attached hydrogen (secondary N) is 1. The molecule has 4 heterocycles. The van der Waals surface area contributed by atoms with Crippen molar-refractivity contribution in [3.05, 3.63) is 101 Å². The summed E-state index contributed by atoms with van der Waals surface area (Å²) >= 11 is 0. The third-order valence-corrected chi connectivity index (χ3v) is 9.77. The molecule has 2 bridgehead atoms. The third-order valence-electron chi connectivity index (χ3n) is 9.77. The number of imidazole rings is 1. The number of aryl methyl sites for hydroxylation is 1. The maximum atomic E-state index is 13.6. The molecule has 0 radical (unpaired) electrons. The molecule has 2 aromatic carbocycles. The number of hydrogen-bond acceptors (Lipinski definition) is 7. The number of allylic oxidation sites excluding steroid dienone is 1. The minimum absolute atomic E-state index is 0.438. The van der Waals surface area contributed by atoms with Crippen LogP contribution in [-0.2, 0) is 19.5 Å². The topological polar surface area (TPSA) is 87.6 Å². The first-order valence-electron chi connectivity index (χ1n) is 17.4. The van der Waals surface area contributed by atoms with E-state index in [1.165, 1.54) is 17.7 Å². The first-order chi connectivity index (χ1) is 23.7. The number of nitrogens with zero attached hydrogens (tertiary/aromatic N) is 6. The first-order valence-corrected chi connectivity index (χ1v) is 17.4. The maximum Gasteiger partial charge on any atom is 0.208 e. The van der Waals surface area contributed by atoms with Gasteiger partial charge in [-0.3, -0.25) is 14.9 Å². The summed E-state index contributed by atoms with van der Waals surface area (Å²) in [5.74, 6) is 0.192. The molecule has 2 aromatic heterocycles. The van der Waals surface area contributed by atoms with Gasteiger partial charge in [0.1, 0.15) is 11.6 Å². The van der Waals surface area contributed by atoms with Crippen molar-refractivity contribution in [3.8, 4) is 0 Å². The number of anilines is 1. The Hall–Kier alpha value is -4.41. The lowest BCUT2D eigenvalue weighted by Crippen LogP contribution is -2.46. The third kappa shape index (κ3) is 8.43. The van der Waals surface area contributed by atoms with Crippen LogP contribution < -0.4 is 11.1 Å². The zero-order valence-electron chi connectivity index (χ0n) is 29.0. The molecule has 0 aliphatic carbocycles. The van der Waals surface area contributed by atoms with Crippen LogP contribution in [0, 0.1) is 24.5 Å². The van der Waals surface area contributed by atoms with Gasteiger partial charge in [0.15, 0.2) is 0 Å². The Labute approximate surface area is 288 Å². The van der Waals surface area contributed by atoms with E-state index in [1.807, 2.05) is 26.1 Å². The van der Waals surface area contributed by atoms with E-state index in [4.69, 9.17) is 15.7 Å². The van der Waals surface area contributed by atoms with Gasteiger partial charge in [-0.25, -0.2) is 13.8 Å². The molecule has 4 aromatic rings. The zero-order valence-corrected chi connectivity index (χ0v) is 29.0. The van der Waals surface area contributed by atoms with Gasteiger partial charge in [-0.1, -0.05) is 26.0 Å². The van der Waals surface area contributed by atoms with Crippen molar-refractivity contribution in [3.63, 3.8) is 0 Å². The lowest BCUT2D eigenvalue weighted by atomic mass is 9.97. The second kappa shape index (κ2) is 15.4. The molecule has 49 heavy (non-hydrogen) atoms. The van der Waals surface area contributed by atoms with Crippen molar-refractivity contribution in [1.82, 2.24) is 24.3 Å². The van der Waals surface area contributed by atoms with E-state index < -0.39 is 11.6 Å². The summed E-state index contributed by atoms with van der Waals surface area (Å²) in [5.41, 5.74) is 15.4. The summed E-state index contributed by atoms with van der Waals surface area (Å²) in [6.07, 6.45) is 6.31. The van der Waals surface area contributed by atoms with Crippen LogP contribution in [0.3, 0.4) is 0 Å². The highest BCUT2D eigenvalue weighted by Gasteiger charge is 2.21. The molecule has 1 saturated heterocycles. The minimum atomic E-state index is -0.515. The second-order valence-electron chi connectivity index (χ2n) is 13.6. The monoisotopic (exact) mass is 666 g/mol. The van der Waals surface area contributed by atoms with Crippen LogP contribution in [-0.4, -0.2) is 69.8 Å². The van der Waals surface area contributed by atoms with E-state index in [9.17, 15) is 8.78 Å². The number of pyridine rings is 1. The first kappa shape index (κ1) is 34.5. The van der Waals surface area contributed by atoms with Crippen molar-refractivity contribution in [2.24, 2.45) is 16.6 Å². The fourth-order valence-corrected chi connectivity index (χ4v) is 7.09. The zero-order chi connectivity index (χ0) is 34.5. The van der Waals surface area contributed by atoms with Crippen LogP contribution in [0.15, 0.2) is 66.3 Å². The van der Waals surface area contributed by atoms with Crippen LogP contribution in [0.4, 0.5) is 14.7 Å². The Kier molecular flexibility index (Phi) is 10.8. The average molecular weight is 667 g/mol. The molecule has 0 saturated carbocycles. The molecule has 8 nitrogen and oxygen atoms in total. The highest BCUT2D eigenvalue weighted by molar-refractivity contribution is 6.23. The van der Waals surface area contributed by atoms with Crippen LogP contribution in [0.25, 0.3) is 22.3 Å². The summed E-state index contributed by atoms with van der Waals surface area (Å²) in [4.78, 5) is 19.3. The van der Waals surface area contributed by atoms with Gasteiger partial charge in [0.2, 0.25) is 5.95 Å². The van der Waals surface area contributed by atoms with Gasteiger partial charge < -0.3 is 20.5 Å². The van der Waals surface area contributed by atoms with Crippen molar-refractivity contribution in [2.75, 3.05) is 45.1 Å². The number of hydrogen-bond donors (Lipinski definition) is 2. The number of halogens is 2. The van der Waals surface area contributed by atoms with Gasteiger partial charge in [-0.05, 0) is 86.1 Å². The lowest BCUT2D eigenvalue weighted by molar-refractivity contribution is 0.128. The van der Waals surface area contributed by atoms with Gasteiger partial charge in [0.25, 0.3) is 0 Å². The van der Waals surface area contributed by atoms with E-state index >= 15 is 0 Å². The normalized spacial score (nSPS) is 20.3. The largest absolute Gasteiger partial charge is 0.404 e. The van der Waals surface area contributed by atoms with Crippen LogP contribution in [0.2, 0.25) is 0 Å². The molecule has 6 rings (SSSR count). The Bertz CT molecular complexity index is 1850. The Morgan fingerprint density at radius 1 is 0.980 bits per heavy atom. The van der Waals surface area contributed by atoms with E-state index in [0.29, 0.717) is 17.9 Å². The number of fused-ring (bicyclic) bond motifs is 5. The van der Waals surface area contributed by atoms with Crippen molar-refractivity contribution < 1.29 is 8.78 Å². The quantitative estimate of drug-likeness (QED) is 0.238. The molecule has 0 spiro atoms. The van der Waals surface area contributed by atoms with Gasteiger partial charge in [0.05, 0.1) is 16.7 Å². The molecule has 1 atom stereocenters. The van der Waals surface area contributed by atoms with Gasteiger partial charge >= 0.3 is 0 Å². The van der Waals surface area contributed by atoms with Gasteiger partial charge in [-0.15, -0.1) is 0 Å². The summed E-state index contributed by atoms with van der Waals surface area (Å²) in [6, 6.07) is 14.4. The molecule has 3 N–H and O–H groups in total. The Balaban J connectivity index is 1.19. The van der Waals surface area contributed by atoms with E-state index in [1.54, 1.807) is 6.20 Å². The minimum Gasteiger partial charge on any atom is -0.404 e. The maximum absolute atomic E-state index is 13.6. The summed E-state index contributed by atoms with van der Waals surface area (Å²) < 4.78 is 29.6. The standard InChI is InChI=1S/C39H48F2N8/c1-26-7-5-6-8-35(43-4)34(23-42)37-21-31(17-27(2)44-37)28(3)45-39-46-36-10-9-30(20-38(36)49(39)24-26)25-48-15-13-47(14-16-48)12-11-29-18-32(40)22-33(41)19-29/h9-10,17-23,26H,3,5-8,11-16,24-25,42H2,1-2,4H3,(H,45,46)/t26-/m1/s1. The predicted molar refractivity (Wildman–Crippen MR) is 196 cm³/mol. The lowest BCUT2D eigenvalue weighted by Gasteiger charge is -2.34. The molecule has 258 valence electrons. The molecule has 0 unspecified atom stereocenters. The van der Waals surface area contributed by atoms with Crippen molar-refractivity contribution in [1.29, 1.82) is 0 Å².